The summed E-state index contributed by atoms with van der Waals surface area (Å²) in [6.45, 7) is 0. The zero-order valence-corrected chi connectivity index (χ0v) is 9.17. The average molecular weight is 218 g/mol. The summed E-state index contributed by atoms with van der Waals surface area (Å²) in [6.07, 6.45) is 7.46. The van der Waals surface area contributed by atoms with Crippen molar-refractivity contribution in [3.63, 3.8) is 0 Å². The van der Waals surface area contributed by atoms with Crippen LogP contribution in [0.4, 0.5) is 0 Å². The van der Waals surface area contributed by atoms with Crippen molar-refractivity contribution in [2.75, 3.05) is 0 Å². The highest BCUT2D eigenvalue weighted by molar-refractivity contribution is 5.68. The summed E-state index contributed by atoms with van der Waals surface area (Å²) in [5.41, 5.74) is 2.72. The van der Waals surface area contributed by atoms with E-state index in [-0.39, 0.29) is 0 Å². The molecule has 0 aliphatic heterocycles. The second-order valence-corrected chi connectivity index (χ2v) is 3.75. The quantitative estimate of drug-likeness (QED) is 0.574. The van der Waals surface area contributed by atoms with Crippen molar-refractivity contribution in [2.24, 2.45) is 0 Å². The fraction of sp³-hybridized carbons (Fsp3) is 0. The van der Waals surface area contributed by atoms with Gasteiger partial charge in [-0.25, -0.2) is 4.98 Å². The number of pyridine rings is 1. The Bertz CT molecular complexity index is 703. The monoisotopic (exact) mass is 218 g/mol. The van der Waals surface area contributed by atoms with Crippen LogP contribution in [0.1, 0.15) is 5.69 Å². The number of hydrogen-bond acceptors (Lipinski definition) is 1. The van der Waals surface area contributed by atoms with Crippen LogP contribution in [-0.2, 0) is 0 Å². The van der Waals surface area contributed by atoms with E-state index in [1.807, 2.05) is 59.1 Å². The number of fused-ring (bicyclic) bond motifs is 1. The minimum Gasteiger partial charge on any atom is -0.298 e. The molecule has 0 atom stereocenters. The molecule has 17 heavy (non-hydrogen) atoms. The van der Waals surface area contributed by atoms with Gasteiger partial charge in [0, 0.05) is 11.8 Å². The van der Waals surface area contributed by atoms with Crippen molar-refractivity contribution in [2.45, 2.75) is 0 Å². The first kappa shape index (κ1) is 9.68. The predicted octanol–water partition coefficient (Wildman–Crippen LogP) is 2.98. The van der Waals surface area contributed by atoms with Gasteiger partial charge < -0.3 is 0 Å². The first-order valence-electron chi connectivity index (χ1n) is 5.39. The molecule has 0 bridgehead atoms. The Labute approximate surface area is 99.6 Å². The molecule has 0 fully saturated rings. The zero-order valence-electron chi connectivity index (χ0n) is 9.17. The van der Waals surface area contributed by atoms with E-state index in [0.717, 1.165) is 16.9 Å². The van der Waals surface area contributed by atoms with Crippen LogP contribution in [0.25, 0.3) is 16.9 Å². The van der Waals surface area contributed by atoms with Crippen molar-refractivity contribution in [1.82, 2.24) is 9.38 Å². The Morgan fingerprint density at radius 3 is 2.53 bits per heavy atom. The molecule has 0 radical (unpaired) electrons. The molecular formula is C15H10N2. The number of nitrogens with zero attached hydrogens (tertiary/aromatic N) is 2. The van der Waals surface area contributed by atoms with Crippen LogP contribution in [0, 0.1) is 12.3 Å². The number of rotatable bonds is 1. The minimum atomic E-state index is 0.685. The van der Waals surface area contributed by atoms with Crippen LogP contribution in [0.5, 0.6) is 0 Å². The van der Waals surface area contributed by atoms with E-state index >= 15 is 0 Å². The van der Waals surface area contributed by atoms with E-state index < -0.39 is 0 Å². The Kier molecular flexibility index (Phi) is 2.16. The van der Waals surface area contributed by atoms with Gasteiger partial charge in [0.15, 0.2) is 0 Å². The lowest BCUT2D eigenvalue weighted by Crippen LogP contribution is -1.87. The highest BCUT2D eigenvalue weighted by Crippen LogP contribution is 2.21. The smallest absolute Gasteiger partial charge is 0.146 e. The topological polar surface area (TPSA) is 17.3 Å². The Balaban J connectivity index is 2.35. The fourth-order valence-electron chi connectivity index (χ4n) is 1.93. The summed E-state index contributed by atoms with van der Waals surface area (Å²) in [7, 11) is 0. The van der Waals surface area contributed by atoms with E-state index in [0.29, 0.717) is 5.69 Å². The standard InChI is InChI=1S/C15H10N2/c1-2-13-14-10-6-7-11-17(14)15(16-13)12-8-4-3-5-9-12/h1,3-11H. The van der Waals surface area contributed by atoms with Gasteiger partial charge in [-0.2, -0.15) is 0 Å². The maximum absolute atomic E-state index is 5.48. The van der Waals surface area contributed by atoms with Gasteiger partial charge in [0.1, 0.15) is 11.5 Å². The van der Waals surface area contributed by atoms with Gasteiger partial charge in [-0.3, -0.25) is 4.40 Å². The largest absolute Gasteiger partial charge is 0.298 e. The maximum atomic E-state index is 5.48. The molecule has 0 saturated carbocycles. The van der Waals surface area contributed by atoms with E-state index in [4.69, 9.17) is 6.42 Å². The van der Waals surface area contributed by atoms with Gasteiger partial charge in [-0.15, -0.1) is 6.42 Å². The average Bonchev–Trinajstić information content (AvgIpc) is 2.78. The Hall–Kier alpha value is -2.53. The Morgan fingerprint density at radius 1 is 1.00 bits per heavy atom. The summed E-state index contributed by atoms with van der Waals surface area (Å²) >= 11 is 0. The summed E-state index contributed by atoms with van der Waals surface area (Å²) < 4.78 is 2.02. The second-order valence-electron chi connectivity index (χ2n) is 3.75. The summed E-state index contributed by atoms with van der Waals surface area (Å²) in [6, 6.07) is 16.0. The SMILES string of the molecule is C#Cc1nc(-c2ccccc2)n2ccccc12. The lowest BCUT2D eigenvalue weighted by atomic mass is 10.2. The van der Waals surface area contributed by atoms with E-state index in [2.05, 4.69) is 10.9 Å². The molecule has 3 rings (SSSR count). The lowest BCUT2D eigenvalue weighted by Gasteiger charge is -1.99. The third kappa shape index (κ3) is 1.49. The molecule has 3 aromatic rings. The van der Waals surface area contributed by atoms with Crippen molar-refractivity contribution < 1.29 is 0 Å². The van der Waals surface area contributed by atoms with E-state index in [1.54, 1.807) is 0 Å². The number of imidazole rings is 1. The third-order valence-corrected chi connectivity index (χ3v) is 2.72. The fourth-order valence-corrected chi connectivity index (χ4v) is 1.93. The molecule has 0 saturated heterocycles. The minimum absolute atomic E-state index is 0.685. The molecule has 0 amide bonds. The van der Waals surface area contributed by atoms with Crippen molar-refractivity contribution in [3.8, 4) is 23.7 Å². The molecule has 0 spiro atoms. The van der Waals surface area contributed by atoms with Gasteiger partial charge >= 0.3 is 0 Å². The molecule has 2 heterocycles. The first-order valence-corrected chi connectivity index (χ1v) is 5.39. The molecule has 80 valence electrons. The van der Waals surface area contributed by atoms with Crippen molar-refractivity contribution in [1.29, 1.82) is 0 Å². The predicted molar refractivity (Wildman–Crippen MR) is 68.6 cm³/mol. The molecule has 0 aliphatic rings. The van der Waals surface area contributed by atoms with Gasteiger partial charge in [-0.1, -0.05) is 36.4 Å². The lowest BCUT2D eigenvalue weighted by molar-refractivity contribution is 1.16. The van der Waals surface area contributed by atoms with Crippen molar-refractivity contribution >= 4 is 5.52 Å². The molecule has 1 aromatic carbocycles. The van der Waals surface area contributed by atoms with E-state index in [9.17, 15) is 0 Å². The molecule has 2 nitrogen and oxygen atoms in total. The normalized spacial score (nSPS) is 10.3. The van der Waals surface area contributed by atoms with Crippen LogP contribution >= 0.6 is 0 Å². The summed E-state index contributed by atoms with van der Waals surface area (Å²) in [5, 5.41) is 0. The molecule has 2 heteroatoms. The molecule has 0 unspecified atom stereocenters. The Morgan fingerprint density at radius 2 is 1.76 bits per heavy atom. The molecular weight excluding hydrogens is 208 g/mol. The van der Waals surface area contributed by atoms with E-state index in [1.165, 1.54) is 0 Å². The first-order chi connectivity index (χ1) is 8.40. The van der Waals surface area contributed by atoms with Gasteiger partial charge in [0.25, 0.3) is 0 Å². The molecule has 0 aliphatic carbocycles. The number of terminal acetylenes is 1. The highest BCUT2D eigenvalue weighted by atomic mass is 15.0. The van der Waals surface area contributed by atoms with Crippen LogP contribution in [0.15, 0.2) is 54.7 Å². The van der Waals surface area contributed by atoms with Gasteiger partial charge in [0.2, 0.25) is 0 Å². The van der Waals surface area contributed by atoms with Gasteiger partial charge in [-0.05, 0) is 18.1 Å². The third-order valence-electron chi connectivity index (χ3n) is 2.72. The van der Waals surface area contributed by atoms with Crippen LogP contribution in [-0.4, -0.2) is 9.38 Å². The number of hydrogen-bond donors (Lipinski definition) is 0. The number of aromatic nitrogens is 2. The highest BCUT2D eigenvalue weighted by Gasteiger charge is 2.09. The number of benzene rings is 1. The van der Waals surface area contributed by atoms with Crippen LogP contribution in [0.2, 0.25) is 0 Å². The van der Waals surface area contributed by atoms with Crippen LogP contribution in [0.3, 0.4) is 0 Å². The summed E-state index contributed by atoms with van der Waals surface area (Å²) in [4.78, 5) is 4.50. The van der Waals surface area contributed by atoms with Gasteiger partial charge in [0.05, 0.1) is 5.52 Å². The van der Waals surface area contributed by atoms with Crippen molar-refractivity contribution in [3.05, 3.63) is 60.4 Å². The maximum Gasteiger partial charge on any atom is 0.146 e. The van der Waals surface area contributed by atoms with Crippen LogP contribution < -0.4 is 0 Å². The zero-order chi connectivity index (χ0) is 11.7. The second kappa shape index (κ2) is 3.80. The summed E-state index contributed by atoms with van der Waals surface area (Å²) in [5.74, 6) is 3.51. The molecule has 2 aromatic heterocycles. The molecule has 0 N–H and O–H groups in total.